The van der Waals surface area contributed by atoms with Gasteiger partial charge in [0.2, 0.25) is 11.8 Å². The lowest BCUT2D eigenvalue weighted by Gasteiger charge is -2.17. The maximum absolute atomic E-state index is 12.3. The SMILES string of the molecule is Cc1cccc(NC(=O)CN(C)CC(=O)NCCc2c[nH]c3ccccc23)c1C. The second-order valence-corrected chi connectivity index (χ2v) is 7.43. The van der Waals surface area contributed by atoms with Crippen LogP contribution in [0.2, 0.25) is 0 Å². The van der Waals surface area contributed by atoms with Gasteiger partial charge in [-0.15, -0.1) is 0 Å². The van der Waals surface area contributed by atoms with Crippen molar-refractivity contribution in [2.75, 3.05) is 32.0 Å². The fourth-order valence-electron chi connectivity index (χ4n) is 3.35. The van der Waals surface area contributed by atoms with Crippen molar-refractivity contribution < 1.29 is 9.59 Å². The number of aromatic nitrogens is 1. The average Bonchev–Trinajstić information content (AvgIpc) is 3.08. The molecule has 0 saturated heterocycles. The fraction of sp³-hybridized carbons (Fsp3) is 0.304. The molecule has 2 amide bonds. The van der Waals surface area contributed by atoms with E-state index in [1.54, 1.807) is 11.9 Å². The third kappa shape index (κ3) is 5.45. The summed E-state index contributed by atoms with van der Waals surface area (Å²) in [6, 6.07) is 13.9. The average molecular weight is 393 g/mol. The summed E-state index contributed by atoms with van der Waals surface area (Å²) >= 11 is 0. The number of hydrogen-bond acceptors (Lipinski definition) is 3. The van der Waals surface area contributed by atoms with Crippen molar-refractivity contribution in [2.24, 2.45) is 0 Å². The van der Waals surface area contributed by atoms with Crippen molar-refractivity contribution in [3.8, 4) is 0 Å². The zero-order valence-electron chi connectivity index (χ0n) is 17.2. The number of benzene rings is 2. The van der Waals surface area contributed by atoms with Gasteiger partial charge in [-0.1, -0.05) is 30.3 Å². The highest BCUT2D eigenvalue weighted by Gasteiger charge is 2.12. The number of anilines is 1. The third-order valence-electron chi connectivity index (χ3n) is 5.10. The Kier molecular flexibility index (Phi) is 6.67. The second-order valence-electron chi connectivity index (χ2n) is 7.43. The molecule has 0 bridgehead atoms. The minimum atomic E-state index is -0.132. The summed E-state index contributed by atoms with van der Waals surface area (Å²) < 4.78 is 0. The van der Waals surface area contributed by atoms with E-state index in [4.69, 9.17) is 0 Å². The Morgan fingerprint density at radius 1 is 1.00 bits per heavy atom. The molecule has 6 nitrogen and oxygen atoms in total. The quantitative estimate of drug-likeness (QED) is 0.551. The summed E-state index contributed by atoms with van der Waals surface area (Å²) in [5, 5.41) is 7.03. The molecule has 0 radical (unpaired) electrons. The standard InChI is InChI=1S/C23H28N4O2/c1-16-7-6-10-20(17(16)2)26-23(29)15-27(3)14-22(28)24-12-11-18-13-25-21-9-5-4-8-19(18)21/h4-10,13,25H,11-12,14-15H2,1-3H3,(H,24,28)(H,26,29). The molecular weight excluding hydrogens is 364 g/mol. The Balaban J connectivity index is 1.42. The molecule has 6 heteroatoms. The van der Waals surface area contributed by atoms with Crippen LogP contribution in [0.3, 0.4) is 0 Å². The lowest BCUT2D eigenvalue weighted by atomic mass is 10.1. The smallest absolute Gasteiger partial charge is 0.238 e. The van der Waals surface area contributed by atoms with Crippen molar-refractivity contribution in [2.45, 2.75) is 20.3 Å². The molecule has 3 N–H and O–H groups in total. The van der Waals surface area contributed by atoms with Gasteiger partial charge in [0.15, 0.2) is 0 Å². The van der Waals surface area contributed by atoms with Crippen LogP contribution in [0.25, 0.3) is 10.9 Å². The van der Waals surface area contributed by atoms with Gasteiger partial charge in [-0.2, -0.15) is 0 Å². The highest BCUT2D eigenvalue weighted by Crippen LogP contribution is 2.18. The summed E-state index contributed by atoms with van der Waals surface area (Å²) in [6.45, 7) is 4.88. The molecule has 0 unspecified atom stereocenters. The van der Waals surface area contributed by atoms with Crippen LogP contribution < -0.4 is 10.6 Å². The molecule has 0 atom stereocenters. The van der Waals surface area contributed by atoms with E-state index < -0.39 is 0 Å². The molecule has 3 aromatic rings. The predicted molar refractivity (Wildman–Crippen MR) is 117 cm³/mol. The molecule has 0 spiro atoms. The number of nitrogens with one attached hydrogen (secondary N) is 3. The topological polar surface area (TPSA) is 77.2 Å². The van der Waals surface area contributed by atoms with Gasteiger partial charge in [-0.05, 0) is 56.1 Å². The fourth-order valence-corrected chi connectivity index (χ4v) is 3.35. The van der Waals surface area contributed by atoms with E-state index >= 15 is 0 Å². The first-order chi connectivity index (χ1) is 13.9. The van der Waals surface area contributed by atoms with E-state index in [9.17, 15) is 9.59 Å². The van der Waals surface area contributed by atoms with Crippen molar-refractivity contribution in [1.82, 2.24) is 15.2 Å². The van der Waals surface area contributed by atoms with Crippen LogP contribution in [-0.2, 0) is 16.0 Å². The van der Waals surface area contributed by atoms with Gasteiger partial charge in [0.1, 0.15) is 0 Å². The maximum Gasteiger partial charge on any atom is 0.238 e. The molecule has 0 saturated carbocycles. The molecular formula is C23H28N4O2. The summed E-state index contributed by atoms with van der Waals surface area (Å²) in [6.07, 6.45) is 2.74. The Labute approximate surface area is 171 Å². The minimum Gasteiger partial charge on any atom is -0.361 e. The zero-order valence-corrected chi connectivity index (χ0v) is 17.2. The molecule has 152 valence electrons. The molecule has 0 aliphatic rings. The molecule has 1 aromatic heterocycles. The number of carbonyl (C=O) groups excluding carboxylic acids is 2. The first kappa shape index (κ1) is 20.6. The van der Waals surface area contributed by atoms with E-state index in [1.165, 1.54) is 10.9 Å². The third-order valence-corrected chi connectivity index (χ3v) is 5.10. The Hall–Kier alpha value is -3.12. The number of carbonyl (C=O) groups is 2. The first-order valence-corrected chi connectivity index (χ1v) is 9.80. The van der Waals surface area contributed by atoms with E-state index in [1.807, 2.05) is 56.4 Å². The van der Waals surface area contributed by atoms with Crippen LogP contribution in [-0.4, -0.2) is 48.4 Å². The molecule has 0 aliphatic carbocycles. The van der Waals surface area contributed by atoms with Gasteiger partial charge in [0, 0.05) is 29.3 Å². The number of aromatic amines is 1. The van der Waals surface area contributed by atoms with Crippen molar-refractivity contribution >= 4 is 28.4 Å². The highest BCUT2D eigenvalue weighted by molar-refractivity contribution is 5.93. The van der Waals surface area contributed by atoms with Crippen LogP contribution >= 0.6 is 0 Å². The Morgan fingerprint density at radius 2 is 1.76 bits per heavy atom. The van der Waals surface area contributed by atoms with Gasteiger partial charge in [0.25, 0.3) is 0 Å². The maximum atomic E-state index is 12.3. The van der Waals surface area contributed by atoms with Gasteiger partial charge < -0.3 is 15.6 Å². The van der Waals surface area contributed by atoms with E-state index in [-0.39, 0.29) is 24.9 Å². The van der Waals surface area contributed by atoms with E-state index in [0.29, 0.717) is 6.54 Å². The largest absolute Gasteiger partial charge is 0.361 e. The number of nitrogens with zero attached hydrogens (tertiary/aromatic N) is 1. The lowest BCUT2D eigenvalue weighted by Crippen LogP contribution is -2.39. The molecule has 1 heterocycles. The number of para-hydroxylation sites is 1. The second kappa shape index (κ2) is 9.39. The summed E-state index contributed by atoms with van der Waals surface area (Å²) in [7, 11) is 1.77. The number of fused-ring (bicyclic) bond motifs is 1. The number of H-pyrrole nitrogens is 1. The number of rotatable bonds is 8. The molecule has 29 heavy (non-hydrogen) atoms. The molecule has 2 aromatic carbocycles. The minimum absolute atomic E-state index is 0.0909. The summed E-state index contributed by atoms with van der Waals surface area (Å²) in [5.41, 5.74) is 5.28. The van der Waals surface area contributed by atoms with Crippen LogP contribution in [0.4, 0.5) is 5.69 Å². The number of likely N-dealkylation sites (N-methyl/N-ethyl adjacent to an activating group) is 1. The Bertz CT molecular complexity index is 1010. The number of amides is 2. The molecule has 0 aliphatic heterocycles. The predicted octanol–water partition coefficient (Wildman–Crippen LogP) is 3.01. The first-order valence-electron chi connectivity index (χ1n) is 9.80. The molecule has 3 rings (SSSR count). The lowest BCUT2D eigenvalue weighted by molar-refractivity contribution is -0.122. The van der Waals surface area contributed by atoms with Gasteiger partial charge in [-0.25, -0.2) is 0 Å². The van der Waals surface area contributed by atoms with Crippen molar-refractivity contribution in [1.29, 1.82) is 0 Å². The number of hydrogen-bond donors (Lipinski definition) is 3. The van der Waals surface area contributed by atoms with Crippen LogP contribution in [0.1, 0.15) is 16.7 Å². The highest BCUT2D eigenvalue weighted by atomic mass is 16.2. The van der Waals surface area contributed by atoms with Crippen molar-refractivity contribution in [3.63, 3.8) is 0 Å². The van der Waals surface area contributed by atoms with Gasteiger partial charge in [0.05, 0.1) is 13.1 Å². The van der Waals surface area contributed by atoms with Crippen molar-refractivity contribution in [3.05, 3.63) is 65.4 Å². The van der Waals surface area contributed by atoms with E-state index in [2.05, 4.69) is 21.7 Å². The molecule has 0 fully saturated rings. The summed E-state index contributed by atoms with van der Waals surface area (Å²) in [4.78, 5) is 29.4. The monoisotopic (exact) mass is 392 g/mol. The van der Waals surface area contributed by atoms with Gasteiger partial charge >= 0.3 is 0 Å². The van der Waals surface area contributed by atoms with Gasteiger partial charge in [-0.3, -0.25) is 14.5 Å². The Morgan fingerprint density at radius 3 is 2.59 bits per heavy atom. The van der Waals surface area contributed by atoms with Crippen LogP contribution in [0.15, 0.2) is 48.7 Å². The zero-order chi connectivity index (χ0) is 20.8. The van der Waals surface area contributed by atoms with Crippen LogP contribution in [0.5, 0.6) is 0 Å². The summed E-state index contributed by atoms with van der Waals surface area (Å²) in [5.74, 6) is -0.223. The van der Waals surface area contributed by atoms with E-state index in [0.717, 1.165) is 28.8 Å². The normalized spacial score (nSPS) is 11.0. The number of aryl methyl sites for hydroxylation is 1. The van der Waals surface area contributed by atoms with Crippen LogP contribution in [0, 0.1) is 13.8 Å².